The zero-order valence-corrected chi connectivity index (χ0v) is 10.6. The van der Waals surface area contributed by atoms with Gasteiger partial charge in [0.15, 0.2) is 5.88 Å². The third-order valence-electron chi connectivity index (χ3n) is 3.41. The summed E-state index contributed by atoms with van der Waals surface area (Å²) in [5.41, 5.74) is -0.286. The molecule has 1 amide bonds. The lowest BCUT2D eigenvalue weighted by molar-refractivity contribution is 0.0723. The first kappa shape index (κ1) is 13.6. The van der Waals surface area contributed by atoms with Gasteiger partial charge in [0, 0.05) is 31.3 Å². The van der Waals surface area contributed by atoms with Crippen LogP contribution in [0.4, 0.5) is 0 Å². The number of carbonyl (C=O) groups excluding carboxylic acids is 1. The van der Waals surface area contributed by atoms with Crippen molar-refractivity contribution in [1.82, 2.24) is 9.88 Å². The average molecular weight is 266 g/mol. The van der Waals surface area contributed by atoms with Gasteiger partial charge in [0.25, 0.3) is 11.5 Å². The number of likely N-dealkylation sites (tertiary alicyclic amines) is 1. The normalized spacial score (nSPS) is 18.8. The second-order valence-corrected chi connectivity index (χ2v) is 4.78. The van der Waals surface area contributed by atoms with Crippen LogP contribution in [0.1, 0.15) is 36.0 Å². The Bertz CT molecular complexity index is 512. The fourth-order valence-electron chi connectivity index (χ4n) is 2.55. The van der Waals surface area contributed by atoms with E-state index in [1.54, 1.807) is 4.90 Å². The number of aliphatic hydroxyl groups is 1. The molecule has 0 radical (unpaired) electrons. The SMILES string of the molecule is O=C(c1cc(O)[nH]c(=O)c1)N1CCCC1CCCO. The van der Waals surface area contributed by atoms with E-state index >= 15 is 0 Å². The predicted molar refractivity (Wildman–Crippen MR) is 69.1 cm³/mol. The van der Waals surface area contributed by atoms with Crippen molar-refractivity contribution in [3.05, 3.63) is 28.0 Å². The highest BCUT2D eigenvalue weighted by molar-refractivity contribution is 5.94. The van der Waals surface area contributed by atoms with Crippen molar-refractivity contribution in [3.63, 3.8) is 0 Å². The van der Waals surface area contributed by atoms with E-state index in [1.807, 2.05) is 0 Å². The van der Waals surface area contributed by atoms with Crippen LogP contribution in [0.25, 0.3) is 0 Å². The molecule has 0 saturated carbocycles. The van der Waals surface area contributed by atoms with Gasteiger partial charge in [-0.3, -0.25) is 14.6 Å². The van der Waals surface area contributed by atoms with Crippen molar-refractivity contribution in [2.24, 2.45) is 0 Å². The van der Waals surface area contributed by atoms with E-state index in [0.29, 0.717) is 13.0 Å². The van der Waals surface area contributed by atoms with Gasteiger partial charge in [-0.05, 0) is 25.7 Å². The van der Waals surface area contributed by atoms with Gasteiger partial charge in [-0.2, -0.15) is 0 Å². The van der Waals surface area contributed by atoms with Crippen LogP contribution in [0.3, 0.4) is 0 Å². The second-order valence-electron chi connectivity index (χ2n) is 4.78. The first-order valence-corrected chi connectivity index (χ1v) is 6.47. The predicted octanol–water partition coefficient (Wildman–Crippen LogP) is 0.458. The summed E-state index contributed by atoms with van der Waals surface area (Å²) in [5, 5.41) is 18.2. The molecule has 2 rings (SSSR count). The summed E-state index contributed by atoms with van der Waals surface area (Å²) in [6.07, 6.45) is 3.27. The van der Waals surface area contributed by atoms with Crippen molar-refractivity contribution in [3.8, 4) is 5.88 Å². The van der Waals surface area contributed by atoms with E-state index in [1.165, 1.54) is 12.1 Å². The number of nitrogens with zero attached hydrogens (tertiary/aromatic N) is 1. The Morgan fingerprint density at radius 3 is 2.95 bits per heavy atom. The Morgan fingerprint density at radius 2 is 2.26 bits per heavy atom. The maximum absolute atomic E-state index is 12.3. The molecular weight excluding hydrogens is 248 g/mol. The fourth-order valence-corrected chi connectivity index (χ4v) is 2.55. The molecule has 1 unspecified atom stereocenters. The minimum Gasteiger partial charge on any atom is -0.494 e. The topological polar surface area (TPSA) is 93.6 Å². The number of hydrogen-bond acceptors (Lipinski definition) is 4. The van der Waals surface area contributed by atoms with Crippen LogP contribution in [0.2, 0.25) is 0 Å². The number of aromatic hydroxyl groups is 1. The summed E-state index contributed by atoms with van der Waals surface area (Å²) < 4.78 is 0. The molecule has 1 aliphatic rings. The van der Waals surface area contributed by atoms with Gasteiger partial charge in [-0.25, -0.2) is 0 Å². The third kappa shape index (κ3) is 3.14. The number of pyridine rings is 1. The highest BCUT2D eigenvalue weighted by Gasteiger charge is 2.29. The summed E-state index contributed by atoms with van der Waals surface area (Å²) in [6, 6.07) is 2.58. The Labute approximate surface area is 110 Å². The number of aliphatic hydroxyl groups excluding tert-OH is 1. The lowest BCUT2D eigenvalue weighted by Gasteiger charge is -2.24. The zero-order valence-electron chi connectivity index (χ0n) is 10.6. The summed E-state index contributed by atoms with van der Waals surface area (Å²) in [5.74, 6) is -0.538. The molecule has 1 aliphatic heterocycles. The lowest BCUT2D eigenvalue weighted by Crippen LogP contribution is -2.36. The molecule has 1 aromatic heterocycles. The van der Waals surface area contributed by atoms with Crippen molar-refractivity contribution in [2.75, 3.05) is 13.2 Å². The van der Waals surface area contributed by atoms with Crippen molar-refractivity contribution < 1.29 is 15.0 Å². The molecule has 19 heavy (non-hydrogen) atoms. The third-order valence-corrected chi connectivity index (χ3v) is 3.41. The molecular formula is C13H18N2O4. The van der Waals surface area contributed by atoms with E-state index in [9.17, 15) is 14.7 Å². The van der Waals surface area contributed by atoms with Gasteiger partial charge < -0.3 is 15.1 Å². The van der Waals surface area contributed by atoms with Crippen LogP contribution >= 0.6 is 0 Å². The van der Waals surface area contributed by atoms with E-state index in [4.69, 9.17) is 5.11 Å². The molecule has 6 heteroatoms. The lowest BCUT2D eigenvalue weighted by atomic mass is 10.1. The summed E-state index contributed by atoms with van der Waals surface area (Å²) in [7, 11) is 0. The number of nitrogens with one attached hydrogen (secondary N) is 1. The minimum atomic E-state index is -0.491. The number of hydrogen-bond donors (Lipinski definition) is 3. The maximum atomic E-state index is 12.3. The molecule has 3 N–H and O–H groups in total. The van der Waals surface area contributed by atoms with E-state index in [-0.39, 0.29) is 30.0 Å². The van der Waals surface area contributed by atoms with Crippen LogP contribution in [0, 0.1) is 0 Å². The molecule has 1 fully saturated rings. The van der Waals surface area contributed by atoms with Crippen LogP contribution < -0.4 is 5.56 Å². The van der Waals surface area contributed by atoms with Crippen LogP contribution in [-0.2, 0) is 0 Å². The largest absolute Gasteiger partial charge is 0.494 e. The fraction of sp³-hybridized carbons (Fsp3) is 0.538. The first-order valence-electron chi connectivity index (χ1n) is 6.47. The molecule has 104 valence electrons. The smallest absolute Gasteiger partial charge is 0.254 e. The minimum absolute atomic E-state index is 0.112. The number of rotatable bonds is 4. The van der Waals surface area contributed by atoms with Crippen LogP contribution in [0.15, 0.2) is 16.9 Å². The van der Waals surface area contributed by atoms with E-state index < -0.39 is 5.56 Å². The highest BCUT2D eigenvalue weighted by atomic mass is 16.3. The molecule has 1 aromatic rings. The molecule has 6 nitrogen and oxygen atoms in total. The highest BCUT2D eigenvalue weighted by Crippen LogP contribution is 2.23. The number of amides is 1. The number of H-pyrrole nitrogens is 1. The first-order chi connectivity index (χ1) is 9.11. The van der Waals surface area contributed by atoms with Gasteiger partial charge in [-0.1, -0.05) is 0 Å². The summed E-state index contributed by atoms with van der Waals surface area (Å²) in [6.45, 7) is 0.771. The Morgan fingerprint density at radius 1 is 1.47 bits per heavy atom. The van der Waals surface area contributed by atoms with Gasteiger partial charge >= 0.3 is 0 Å². The molecule has 0 aliphatic carbocycles. The van der Waals surface area contributed by atoms with Crippen LogP contribution in [0.5, 0.6) is 5.88 Å². The van der Waals surface area contributed by atoms with Gasteiger partial charge in [0.1, 0.15) is 0 Å². The zero-order chi connectivity index (χ0) is 13.8. The number of carbonyl (C=O) groups is 1. The van der Waals surface area contributed by atoms with Crippen molar-refractivity contribution in [1.29, 1.82) is 0 Å². The number of aromatic nitrogens is 1. The second kappa shape index (κ2) is 5.88. The molecule has 0 aromatic carbocycles. The molecule has 0 spiro atoms. The monoisotopic (exact) mass is 266 g/mol. The Hall–Kier alpha value is -1.82. The summed E-state index contributed by atoms with van der Waals surface area (Å²) in [4.78, 5) is 27.5. The average Bonchev–Trinajstić information content (AvgIpc) is 2.82. The van der Waals surface area contributed by atoms with Gasteiger partial charge in [0.05, 0.1) is 5.56 Å². The van der Waals surface area contributed by atoms with Crippen molar-refractivity contribution in [2.45, 2.75) is 31.7 Å². The van der Waals surface area contributed by atoms with Crippen LogP contribution in [-0.4, -0.2) is 45.2 Å². The Kier molecular flexibility index (Phi) is 4.21. The molecule has 1 atom stereocenters. The number of aromatic amines is 1. The van der Waals surface area contributed by atoms with Gasteiger partial charge in [0.2, 0.25) is 0 Å². The van der Waals surface area contributed by atoms with E-state index in [2.05, 4.69) is 4.98 Å². The standard InChI is InChI=1S/C13H18N2O4/c16-6-2-4-10-3-1-5-15(10)13(19)9-7-11(17)14-12(18)8-9/h7-8,10,16H,1-6H2,(H2,14,17,18). The molecule has 2 heterocycles. The van der Waals surface area contributed by atoms with Crippen molar-refractivity contribution >= 4 is 5.91 Å². The van der Waals surface area contributed by atoms with E-state index in [0.717, 1.165) is 19.3 Å². The molecule has 0 bridgehead atoms. The quantitative estimate of drug-likeness (QED) is 0.738. The Balaban J connectivity index is 2.15. The summed E-state index contributed by atoms with van der Waals surface area (Å²) >= 11 is 0. The van der Waals surface area contributed by atoms with Gasteiger partial charge in [-0.15, -0.1) is 0 Å². The maximum Gasteiger partial charge on any atom is 0.254 e. The molecule has 1 saturated heterocycles.